The van der Waals surface area contributed by atoms with Gasteiger partial charge in [-0.25, -0.2) is 25.5 Å². The van der Waals surface area contributed by atoms with Crippen molar-refractivity contribution < 1.29 is 21.2 Å². The average Bonchev–Trinajstić information content (AvgIpc) is 2.74. The minimum atomic E-state index is -3.73. The summed E-state index contributed by atoms with van der Waals surface area (Å²) < 4.78 is 66.0. The molecule has 1 aliphatic heterocycles. The van der Waals surface area contributed by atoms with Crippen molar-refractivity contribution in [2.75, 3.05) is 18.8 Å². The molecule has 146 valence electrons. The molecule has 5 nitrogen and oxygen atoms in total. The summed E-state index contributed by atoms with van der Waals surface area (Å²) >= 11 is 5.90. The maximum Gasteiger partial charge on any atom is 0.218 e. The lowest BCUT2D eigenvalue weighted by Gasteiger charge is -2.20. The van der Waals surface area contributed by atoms with Crippen molar-refractivity contribution in [3.8, 4) is 0 Å². The highest BCUT2D eigenvalue weighted by Crippen LogP contribution is 2.32. The molecule has 1 atom stereocenters. The Labute approximate surface area is 163 Å². The molecule has 27 heavy (non-hydrogen) atoms. The van der Waals surface area contributed by atoms with E-state index in [4.69, 9.17) is 11.6 Å². The summed E-state index contributed by atoms with van der Waals surface area (Å²) in [6.07, 6.45) is 0.0119. The van der Waals surface area contributed by atoms with Gasteiger partial charge >= 0.3 is 0 Å². The van der Waals surface area contributed by atoms with Crippen LogP contribution in [0.1, 0.15) is 22.8 Å². The van der Waals surface area contributed by atoms with Crippen molar-refractivity contribution in [1.29, 1.82) is 0 Å². The van der Waals surface area contributed by atoms with Gasteiger partial charge in [0, 0.05) is 23.7 Å². The fraction of sp³-hybridized carbons (Fsp3) is 0.333. The topological polar surface area (TPSA) is 71.5 Å². The van der Waals surface area contributed by atoms with Crippen LogP contribution in [0, 0.1) is 5.82 Å². The molecular formula is C18H19ClFNO4S2. The van der Waals surface area contributed by atoms with Gasteiger partial charge in [0.15, 0.2) is 9.84 Å². The Hall–Kier alpha value is -1.48. The van der Waals surface area contributed by atoms with Crippen molar-refractivity contribution in [1.82, 2.24) is 4.31 Å². The number of halogens is 2. The van der Waals surface area contributed by atoms with Gasteiger partial charge in [-0.05, 0) is 30.2 Å². The molecule has 2 aromatic carbocycles. The molecule has 0 aromatic heterocycles. The minimum Gasteiger partial charge on any atom is -0.228 e. The van der Waals surface area contributed by atoms with E-state index >= 15 is 0 Å². The molecule has 1 unspecified atom stereocenters. The lowest BCUT2D eigenvalue weighted by Crippen LogP contribution is -2.34. The molecular weight excluding hydrogens is 413 g/mol. The Balaban J connectivity index is 1.83. The maximum atomic E-state index is 14.1. The monoisotopic (exact) mass is 431 g/mol. The quantitative estimate of drug-likeness (QED) is 0.745. The van der Waals surface area contributed by atoms with E-state index in [1.807, 2.05) is 0 Å². The van der Waals surface area contributed by atoms with Crippen LogP contribution >= 0.6 is 11.6 Å². The van der Waals surface area contributed by atoms with Crippen molar-refractivity contribution >= 4 is 31.5 Å². The van der Waals surface area contributed by atoms with E-state index < -0.39 is 30.9 Å². The Kier molecular flexibility index (Phi) is 5.90. The SMILES string of the molecule is O=S1(=O)CCN(S(=O)(=O)Cc2cccc(Cl)c2)CCC1c1ccccc1F. The highest BCUT2D eigenvalue weighted by atomic mass is 35.5. The summed E-state index contributed by atoms with van der Waals surface area (Å²) in [6.45, 7) is -0.128. The predicted octanol–water partition coefficient (Wildman–Crippen LogP) is 3.17. The van der Waals surface area contributed by atoms with Crippen LogP contribution in [0.5, 0.6) is 0 Å². The fourth-order valence-corrected chi connectivity index (χ4v) is 6.88. The minimum absolute atomic E-state index is 0.0119. The molecule has 1 saturated heterocycles. The van der Waals surface area contributed by atoms with Crippen molar-refractivity contribution in [2.45, 2.75) is 17.4 Å². The summed E-state index contributed by atoms with van der Waals surface area (Å²) in [4.78, 5) is 0. The molecule has 0 spiro atoms. The number of hydrogen-bond acceptors (Lipinski definition) is 4. The molecule has 0 saturated carbocycles. The van der Waals surface area contributed by atoms with Gasteiger partial charge in [-0.3, -0.25) is 0 Å². The van der Waals surface area contributed by atoms with Crippen LogP contribution in [0.15, 0.2) is 48.5 Å². The van der Waals surface area contributed by atoms with Crippen LogP contribution in [0.2, 0.25) is 5.02 Å². The molecule has 2 aromatic rings. The van der Waals surface area contributed by atoms with Crippen LogP contribution in [-0.4, -0.2) is 40.0 Å². The lowest BCUT2D eigenvalue weighted by molar-refractivity contribution is 0.426. The smallest absolute Gasteiger partial charge is 0.218 e. The Morgan fingerprint density at radius 1 is 1.11 bits per heavy atom. The summed E-state index contributed by atoms with van der Waals surface area (Å²) in [5.74, 6) is -1.21. The third-order valence-corrected chi connectivity index (χ3v) is 8.78. The fourth-order valence-electron chi connectivity index (χ4n) is 3.22. The molecule has 0 aliphatic carbocycles. The van der Waals surface area contributed by atoms with Gasteiger partial charge in [-0.15, -0.1) is 0 Å². The van der Waals surface area contributed by atoms with Gasteiger partial charge in [-0.1, -0.05) is 41.9 Å². The van der Waals surface area contributed by atoms with Gasteiger partial charge in [0.05, 0.1) is 16.8 Å². The van der Waals surface area contributed by atoms with E-state index in [0.29, 0.717) is 10.6 Å². The van der Waals surface area contributed by atoms with Gasteiger partial charge < -0.3 is 0 Å². The number of rotatable bonds is 4. The highest BCUT2D eigenvalue weighted by molar-refractivity contribution is 7.91. The second-order valence-corrected chi connectivity index (χ2v) is 11.2. The second kappa shape index (κ2) is 7.87. The van der Waals surface area contributed by atoms with Crippen LogP contribution in [0.3, 0.4) is 0 Å². The van der Waals surface area contributed by atoms with E-state index in [-0.39, 0.29) is 36.6 Å². The first kappa shape index (κ1) is 20.3. The van der Waals surface area contributed by atoms with E-state index in [0.717, 1.165) is 0 Å². The lowest BCUT2D eigenvalue weighted by atomic mass is 10.1. The number of benzene rings is 2. The predicted molar refractivity (Wildman–Crippen MR) is 103 cm³/mol. The molecule has 1 fully saturated rings. The highest BCUT2D eigenvalue weighted by Gasteiger charge is 2.36. The third-order valence-electron chi connectivity index (χ3n) is 4.58. The van der Waals surface area contributed by atoms with Crippen molar-refractivity contribution in [2.24, 2.45) is 0 Å². The third kappa shape index (κ3) is 4.68. The normalized spacial score (nSPS) is 20.9. The van der Waals surface area contributed by atoms with Crippen LogP contribution in [0.4, 0.5) is 4.39 Å². The van der Waals surface area contributed by atoms with E-state index in [1.54, 1.807) is 30.3 Å². The summed E-state index contributed by atoms with van der Waals surface area (Å²) in [6, 6.07) is 12.2. The van der Waals surface area contributed by atoms with E-state index in [2.05, 4.69) is 0 Å². The molecule has 3 rings (SSSR count). The molecule has 0 bridgehead atoms. The standard InChI is InChI=1S/C18H19ClFNO4S2/c19-15-5-3-4-14(12-15)13-27(24,25)21-9-8-18(26(22,23)11-10-21)16-6-1-2-7-17(16)20/h1-7,12,18H,8-11,13H2. The van der Waals surface area contributed by atoms with Gasteiger partial charge in [0.1, 0.15) is 5.82 Å². The van der Waals surface area contributed by atoms with Gasteiger partial charge in [-0.2, -0.15) is 0 Å². The zero-order valence-corrected chi connectivity index (χ0v) is 16.8. The average molecular weight is 432 g/mol. The number of sulfonamides is 1. The number of nitrogens with zero attached hydrogens (tertiary/aromatic N) is 1. The van der Waals surface area contributed by atoms with Gasteiger partial charge in [0.2, 0.25) is 10.0 Å². The molecule has 0 radical (unpaired) electrons. The first-order valence-corrected chi connectivity index (χ1v) is 12.1. The molecule has 0 amide bonds. The Bertz CT molecular complexity index is 1040. The van der Waals surface area contributed by atoms with Crippen molar-refractivity contribution in [3.05, 3.63) is 70.5 Å². The van der Waals surface area contributed by atoms with Crippen LogP contribution in [-0.2, 0) is 25.6 Å². The molecule has 0 N–H and O–H groups in total. The largest absolute Gasteiger partial charge is 0.228 e. The summed E-state index contributed by atoms with van der Waals surface area (Å²) in [5.41, 5.74) is 0.617. The van der Waals surface area contributed by atoms with E-state index in [1.165, 1.54) is 22.5 Å². The van der Waals surface area contributed by atoms with E-state index in [9.17, 15) is 21.2 Å². The number of sulfone groups is 1. The van der Waals surface area contributed by atoms with Crippen LogP contribution < -0.4 is 0 Å². The van der Waals surface area contributed by atoms with Crippen LogP contribution in [0.25, 0.3) is 0 Å². The maximum absolute atomic E-state index is 14.1. The first-order chi connectivity index (χ1) is 12.7. The number of hydrogen-bond donors (Lipinski definition) is 0. The zero-order valence-electron chi connectivity index (χ0n) is 14.4. The first-order valence-electron chi connectivity index (χ1n) is 8.37. The Morgan fingerprint density at radius 2 is 1.85 bits per heavy atom. The molecule has 1 aliphatic rings. The van der Waals surface area contributed by atoms with Gasteiger partial charge in [0.25, 0.3) is 0 Å². The summed E-state index contributed by atoms with van der Waals surface area (Å²) in [5, 5.41) is -0.620. The summed E-state index contributed by atoms with van der Waals surface area (Å²) in [7, 11) is -7.40. The Morgan fingerprint density at radius 3 is 2.56 bits per heavy atom. The molecule has 9 heteroatoms. The zero-order chi connectivity index (χ0) is 19.7. The van der Waals surface area contributed by atoms with Crippen molar-refractivity contribution in [3.63, 3.8) is 0 Å². The second-order valence-electron chi connectivity index (χ2n) is 6.45. The molecule has 1 heterocycles.